The van der Waals surface area contributed by atoms with Gasteiger partial charge in [0.25, 0.3) is 0 Å². The highest BCUT2D eigenvalue weighted by molar-refractivity contribution is 7.09. The van der Waals surface area contributed by atoms with Crippen LogP contribution in [-0.4, -0.2) is 32.5 Å². The van der Waals surface area contributed by atoms with E-state index in [1.807, 2.05) is 0 Å². The Morgan fingerprint density at radius 2 is 2.22 bits per heavy atom. The van der Waals surface area contributed by atoms with E-state index in [4.69, 9.17) is 9.47 Å². The smallest absolute Gasteiger partial charge is 0.0704 e. The van der Waals surface area contributed by atoms with Gasteiger partial charge in [0, 0.05) is 24.6 Å². The van der Waals surface area contributed by atoms with Gasteiger partial charge in [-0.25, -0.2) is 0 Å². The van der Waals surface area contributed by atoms with E-state index in [0.29, 0.717) is 13.2 Å². The molecular weight excluding hydrogens is 246 g/mol. The van der Waals surface area contributed by atoms with Crippen molar-refractivity contribution in [3.8, 4) is 0 Å². The molecule has 0 fully saturated rings. The minimum Gasteiger partial charge on any atom is -0.379 e. The quantitative estimate of drug-likeness (QED) is 0.627. The van der Waals surface area contributed by atoms with Crippen LogP contribution < -0.4 is 5.32 Å². The summed E-state index contributed by atoms with van der Waals surface area (Å²) < 4.78 is 11.1. The molecule has 0 aliphatic heterocycles. The van der Waals surface area contributed by atoms with Gasteiger partial charge >= 0.3 is 0 Å². The molecule has 0 amide bonds. The molecule has 0 spiro atoms. The van der Waals surface area contributed by atoms with E-state index in [9.17, 15) is 0 Å². The first-order valence-electron chi connectivity index (χ1n) is 6.75. The van der Waals surface area contributed by atoms with Crippen molar-refractivity contribution in [2.75, 3.05) is 26.4 Å². The average molecular weight is 271 g/mol. The number of hydrogen-bond acceptors (Lipinski definition) is 4. The Labute approximate surface area is 114 Å². The maximum absolute atomic E-state index is 5.66. The van der Waals surface area contributed by atoms with E-state index in [-0.39, 0.29) is 6.10 Å². The number of hydrogen-bond donors (Lipinski definition) is 1. The molecule has 0 radical (unpaired) electrons. The molecule has 0 aliphatic rings. The molecular formula is C14H25NO2S. The third kappa shape index (κ3) is 7.82. The van der Waals surface area contributed by atoms with E-state index in [1.165, 1.54) is 11.3 Å². The summed E-state index contributed by atoms with van der Waals surface area (Å²) in [6, 6.07) is 4.22. The third-order valence-electron chi connectivity index (χ3n) is 2.58. The predicted molar refractivity (Wildman–Crippen MR) is 77.2 cm³/mol. The summed E-state index contributed by atoms with van der Waals surface area (Å²) in [6.45, 7) is 8.31. The highest BCUT2D eigenvalue weighted by Crippen LogP contribution is 2.07. The van der Waals surface area contributed by atoms with Gasteiger partial charge in [0.2, 0.25) is 0 Å². The van der Waals surface area contributed by atoms with Crippen molar-refractivity contribution in [2.24, 2.45) is 0 Å². The van der Waals surface area contributed by atoms with Crippen molar-refractivity contribution in [1.82, 2.24) is 5.32 Å². The van der Waals surface area contributed by atoms with Crippen molar-refractivity contribution >= 4 is 11.3 Å². The first kappa shape index (κ1) is 15.6. The van der Waals surface area contributed by atoms with Crippen molar-refractivity contribution in [3.63, 3.8) is 0 Å². The van der Waals surface area contributed by atoms with Crippen LogP contribution in [0.15, 0.2) is 17.5 Å². The molecule has 1 atom stereocenters. The molecule has 0 saturated carbocycles. The summed E-state index contributed by atoms with van der Waals surface area (Å²) in [5.74, 6) is 0. The van der Waals surface area contributed by atoms with Crippen LogP contribution in [0.3, 0.4) is 0 Å². The zero-order valence-corrected chi connectivity index (χ0v) is 12.3. The lowest BCUT2D eigenvalue weighted by atomic mass is 10.4. The van der Waals surface area contributed by atoms with Crippen LogP contribution in [0.1, 0.15) is 31.6 Å². The molecule has 1 unspecified atom stereocenters. The lowest BCUT2D eigenvalue weighted by molar-refractivity contribution is 0.0121. The van der Waals surface area contributed by atoms with Crippen molar-refractivity contribution in [2.45, 2.75) is 39.3 Å². The van der Waals surface area contributed by atoms with Gasteiger partial charge in [-0.05, 0) is 24.8 Å². The van der Waals surface area contributed by atoms with Gasteiger partial charge < -0.3 is 14.8 Å². The highest BCUT2D eigenvalue weighted by Gasteiger charge is 2.01. The Morgan fingerprint density at radius 3 is 2.94 bits per heavy atom. The molecule has 1 N–H and O–H groups in total. The molecule has 1 aromatic rings. The summed E-state index contributed by atoms with van der Waals surface area (Å²) in [7, 11) is 0. The van der Waals surface area contributed by atoms with E-state index < -0.39 is 0 Å². The van der Waals surface area contributed by atoms with Gasteiger partial charge in [-0.2, -0.15) is 0 Å². The molecule has 1 aromatic heterocycles. The van der Waals surface area contributed by atoms with E-state index in [2.05, 4.69) is 36.7 Å². The summed E-state index contributed by atoms with van der Waals surface area (Å²) in [5.41, 5.74) is 0. The zero-order chi connectivity index (χ0) is 13.1. The van der Waals surface area contributed by atoms with Crippen molar-refractivity contribution < 1.29 is 9.47 Å². The summed E-state index contributed by atoms with van der Waals surface area (Å²) >= 11 is 1.78. The van der Waals surface area contributed by atoms with Gasteiger partial charge in [0.15, 0.2) is 0 Å². The average Bonchev–Trinajstić information content (AvgIpc) is 2.87. The number of thiophene rings is 1. The first-order valence-corrected chi connectivity index (χ1v) is 7.63. The maximum Gasteiger partial charge on any atom is 0.0704 e. The summed E-state index contributed by atoms with van der Waals surface area (Å²) in [5, 5.41) is 5.50. The Hall–Kier alpha value is -0.420. The fraction of sp³-hybridized carbons (Fsp3) is 0.714. The normalized spacial score (nSPS) is 12.8. The molecule has 1 rings (SSSR count). The lowest BCUT2D eigenvalue weighted by Crippen LogP contribution is -2.27. The molecule has 3 nitrogen and oxygen atoms in total. The first-order chi connectivity index (χ1) is 8.83. The molecule has 104 valence electrons. The number of ether oxygens (including phenoxy) is 2. The molecule has 0 saturated heterocycles. The van der Waals surface area contributed by atoms with E-state index in [1.54, 1.807) is 11.3 Å². The minimum atomic E-state index is 0.236. The highest BCUT2D eigenvalue weighted by atomic mass is 32.1. The minimum absolute atomic E-state index is 0.236. The molecule has 0 aromatic carbocycles. The van der Waals surface area contributed by atoms with Crippen LogP contribution in [0, 0.1) is 0 Å². The summed E-state index contributed by atoms with van der Waals surface area (Å²) in [4.78, 5) is 1.37. The monoisotopic (exact) mass is 271 g/mol. The standard InChI is InChI=1S/C14H25NO2S/c1-3-4-7-16-8-9-17-13(2)11-15-12-14-6-5-10-18-14/h5-6,10,13,15H,3-4,7-9,11-12H2,1-2H3. The largest absolute Gasteiger partial charge is 0.379 e. The molecule has 4 heteroatoms. The van der Waals surface area contributed by atoms with Crippen LogP contribution in [0.4, 0.5) is 0 Å². The van der Waals surface area contributed by atoms with Gasteiger partial charge in [-0.15, -0.1) is 11.3 Å². The van der Waals surface area contributed by atoms with Gasteiger partial charge in [-0.1, -0.05) is 19.4 Å². The second kappa shape index (κ2) is 10.5. The van der Waals surface area contributed by atoms with Crippen LogP contribution in [-0.2, 0) is 16.0 Å². The van der Waals surface area contributed by atoms with Crippen LogP contribution in [0.5, 0.6) is 0 Å². The SMILES string of the molecule is CCCCOCCOC(C)CNCc1cccs1. The van der Waals surface area contributed by atoms with Crippen LogP contribution >= 0.6 is 11.3 Å². The second-order valence-corrected chi connectivity index (χ2v) is 5.39. The van der Waals surface area contributed by atoms with Gasteiger partial charge in [0.1, 0.15) is 0 Å². The Morgan fingerprint density at radius 1 is 1.33 bits per heavy atom. The Balaban J connectivity index is 1.89. The zero-order valence-electron chi connectivity index (χ0n) is 11.5. The van der Waals surface area contributed by atoms with Crippen LogP contribution in [0.2, 0.25) is 0 Å². The molecule has 18 heavy (non-hydrogen) atoms. The fourth-order valence-corrected chi connectivity index (χ4v) is 2.20. The van der Waals surface area contributed by atoms with E-state index >= 15 is 0 Å². The summed E-state index contributed by atoms with van der Waals surface area (Å²) in [6.07, 6.45) is 2.56. The lowest BCUT2D eigenvalue weighted by Gasteiger charge is -2.13. The Kier molecular flexibility index (Phi) is 9.12. The Bertz CT molecular complexity index is 277. The topological polar surface area (TPSA) is 30.5 Å². The van der Waals surface area contributed by atoms with Gasteiger partial charge in [-0.3, -0.25) is 0 Å². The third-order valence-corrected chi connectivity index (χ3v) is 3.46. The number of unbranched alkanes of at least 4 members (excludes halogenated alkanes) is 1. The van der Waals surface area contributed by atoms with Gasteiger partial charge in [0.05, 0.1) is 19.3 Å². The van der Waals surface area contributed by atoms with Crippen molar-refractivity contribution in [1.29, 1.82) is 0 Å². The maximum atomic E-state index is 5.66. The fourth-order valence-electron chi connectivity index (χ4n) is 1.53. The molecule has 0 aliphatic carbocycles. The molecule has 0 bridgehead atoms. The number of rotatable bonds is 11. The van der Waals surface area contributed by atoms with Crippen LogP contribution in [0.25, 0.3) is 0 Å². The van der Waals surface area contributed by atoms with Crippen molar-refractivity contribution in [3.05, 3.63) is 22.4 Å². The number of nitrogens with one attached hydrogen (secondary N) is 1. The predicted octanol–water partition coefficient (Wildman–Crippen LogP) is 3.06. The second-order valence-electron chi connectivity index (χ2n) is 4.36. The van der Waals surface area contributed by atoms with E-state index in [0.717, 1.165) is 26.1 Å². The molecule has 1 heterocycles.